The van der Waals surface area contributed by atoms with Crippen LogP contribution in [-0.2, 0) is 6.54 Å². The van der Waals surface area contributed by atoms with Crippen LogP contribution in [-0.4, -0.2) is 4.98 Å². The lowest BCUT2D eigenvalue weighted by Crippen LogP contribution is -1.98. The van der Waals surface area contributed by atoms with Crippen LogP contribution in [0.1, 0.15) is 5.56 Å². The first kappa shape index (κ1) is 11.9. The van der Waals surface area contributed by atoms with Gasteiger partial charge in [0.2, 0.25) is 0 Å². The number of benzene rings is 2. The van der Waals surface area contributed by atoms with Crippen molar-refractivity contribution < 1.29 is 0 Å². The van der Waals surface area contributed by atoms with Crippen molar-refractivity contribution in [3.8, 4) is 10.6 Å². The second-order valence-electron chi connectivity index (χ2n) is 4.26. The Morgan fingerprint density at radius 2 is 1.89 bits per heavy atom. The Labute approximate surface area is 116 Å². The fourth-order valence-electron chi connectivity index (χ4n) is 1.93. The molecule has 94 valence electrons. The molecular weight excluding hydrogens is 252 g/mol. The third kappa shape index (κ3) is 3.01. The summed E-state index contributed by atoms with van der Waals surface area (Å²) >= 11 is 1.66. The van der Waals surface area contributed by atoms with Crippen LogP contribution in [0.2, 0.25) is 0 Å². The number of nitrogens with one attached hydrogen (secondary N) is 1. The maximum absolute atomic E-state index is 4.34. The SMILES string of the molecule is c1ccc(CNc2cccc(-c3nccs3)c2)cc1. The van der Waals surface area contributed by atoms with Crippen LogP contribution in [0.15, 0.2) is 66.2 Å². The van der Waals surface area contributed by atoms with E-state index in [-0.39, 0.29) is 0 Å². The van der Waals surface area contributed by atoms with Gasteiger partial charge < -0.3 is 5.32 Å². The van der Waals surface area contributed by atoms with E-state index >= 15 is 0 Å². The maximum Gasteiger partial charge on any atom is 0.123 e. The van der Waals surface area contributed by atoms with Crippen LogP contribution < -0.4 is 5.32 Å². The molecule has 3 heteroatoms. The largest absolute Gasteiger partial charge is 0.381 e. The van der Waals surface area contributed by atoms with Gasteiger partial charge in [-0.15, -0.1) is 11.3 Å². The van der Waals surface area contributed by atoms with Gasteiger partial charge in [0, 0.05) is 29.4 Å². The van der Waals surface area contributed by atoms with E-state index in [1.165, 1.54) is 5.56 Å². The molecule has 0 radical (unpaired) electrons. The van der Waals surface area contributed by atoms with E-state index in [9.17, 15) is 0 Å². The standard InChI is InChI=1S/C16H14N2S/c1-2-5-13(6-3-1)12-18-15-8-4-7-14(11-15)16-17-9-10-19-16/h1-11,18H,12H2. The Hall–Kier alpha value is -2.13. The quantitative estimate of drug-likeness (QED) is 0.756. The molecule has 0 amide bonds. The molecule has 1 heterocycles. The molecular formula is C16H14N2S. The Morgan fingerprint density at radius 1 is 1.00 bits per heavy atom. The summed E-state index contributed by atoms with van der Waals surface area (Å²) in [5, 5.41) is 6.50. The molecule has 0 aliphatic carbocycles. The van der Waals surface area contributed by atoms with E-state index in [1.54, 1.807) is 11.3 Å². The lowest BCUT2D eigenvalue weighted by Gasteiger charge is -2.07. The predicted octanol–water partition coefficient (Wildman–Crippen LogP) is 4.42. The van der Waals surface area contributed by atoms with Gasteiger partial charge in [-0.2, -0.15) is 0 Å². The van der Waals surface area contributed by atoms with Crippen LogP contribution >= 0.6 is 11.3 Å². The molecule has 0 atom stereocenters. The molecule has 2 nitrogen and oxygen atoms in total. The van der Waals surface area contributed by atoms with Crippen molar-refractivity contribution in [1.29, 1.82) is 0 Å². The van der Waals surface area contributed by atoms with Gasteiger partial charge in [-0.25, -0.2) is 4.98 Å². The average molecular weight is 266 g/mol. The Morgan fingerprint density at radius 3 is 2.68 bits per heavy atom. The molecule has 2 aromatic carbocycles. The molecule has 1 aromatic heterocycles. The van der Waals surface area contributed by atoms with Crippen LogP contribution in [0.25, 0.3) is 10.6 Å². The molecule has 0 unspecified atom stereocenters. The summed E-state index contributed by atoms with van der Waals surface area (Å²) in [4.78, 5) is 4.34. The van der Waals surface area contributed by atoms with E-state index in [2.05, 4.69) is 58.8 Å². The van der Waals surface area contributed by atoms with E-state index < -0.39 is 0 Å². The minimum absolute atomic E-state index is 0.835. The second kappa shape index (κ2) is 5.67. The summed E-state index contributed by atoms with van der Waals surface area (Å²) in [6.07, 6.45) is 1.84. The number of hydrogen-bond donors (Lipinski definition) is 1. The molecule has 0 bridgehead atoms. The van der Waals surface area contributed by atoms with Crippen molar-refractivity contribution in [3.63, 3.8) is 0 Å². The topological polar surface area (TPSA) is 24.9 Å². The van der Waals surface area contributed by atoms with Crippen molar-refractivity contribution >= 4 is 17.0 Å². The van der Waals surface area contributed by atoms with Crippen molar-refractivity contribution in [2.24, 2.45) is 0 Å². The van der Waals surface area contributed by atoms with Gasteiger partial charge in [0.15, 0.2) is 0 Å². The molecule has 19 heavy (non-hydrogen) atoms. The molecule has 0 aliphatic rings. The van der Waals surface area contributed by atoms with Gasteiger partial charge in [-0.05, 0) is 17.7 Å². The fourth-order valence-corrected chi connectivity index (χ4v) is 2.56. The monoisotopic (exact) mass is 266 g/mol. The zero-order valence-corrected chi connectivity index (χ0v) is 11.2. The van der Waals surface area contributed by atoms with Crippen LogP contribution in [0.5, 0.6) is 0 Å². The summed E-state index contributed by atoms with van der Waals surface area (Å²) in [6, 6.07) is 18.8. The first-order chi connectivity index (χ1) is 9.42. The van der Waals surface area contributed by atoms with Crippen molar-refractivity contribution in [3.05, 3.63) is 71.7 Å². The summed E-state index contributed by atoms with van der Waals surface area (Å²) in [5.74, 6) is 0. The van der Waals surface area contributed by atoms with Crippen molar-refractivity contribution in [2.45, 2.75) is 6.54 Å². The smallest absolute Gasteiger partial charge is 0.123 e. The van der Waals surface area contributed by atoms with Gasteiger partial charge in [-0.3, -0.25) is 0 Å². The molecule has 0 fully saturated rings. The Balaban J connectivity index is 1.74. The summed E-state index contributed by atoms with van der Waals surface area (Å²) < 4.78 is 0. The van der Waals surface area contributed by atoms with E-state index in [0.717, 1.165) is 22.8 Å². The summed E-state index contributed by atoms with van der Waals surface area (Å²) in [6.45, 7) is 0.835. The number of hydrogen-bond acceptors (Lipinski definition) is 3. The van der Waals surface area contributed by atoms with Crippen LogP contribution in [0, 0.1) is 0 Å². The molecule has 0 spiro atoms. The minimum Gasteiger partial charge on any atom is -0.381 e. The first-order valence-corrected chi connectivity index (χ1v) is 7.07. The predicted molar refractivity (Wildman–Crippen MR) is 81.3 cm³/mol. The van der Waals surface area contributed by atoms with Crippen molar-refractivity contribution in [1.82, 2.24) is 4.98 Å². The number of rotatable bonds is 4. The number of thiazole rings is 1. The highest BCUT2D eigenvalue weighted by molar-refractivity contribution is 7.13. The van der Waals surface area contributed by atoms with Crippen LogP contribution in [0.3, 0.4) is 0 Å². The highest BCUT2D eigenvalue weighted by Gasteiger charge is 2.01. The molecule has 1 N–H and O–H groups in total. The highest BCUT2D eigenvalue weighted by atomic mass is 32.1. The first-order valence-electron chi connectivity index (χ1n) is 6.19. The molecule has 3 aromatic rings. The normalized spacial score (nSPS) is 10.3. The van der Waals surface area contributed by atoms with E-state index in [1.807, 2.05) is 17.6 Å². The van der Waals surface area contributed by atoms with Gasteiger partial charge in [0.25, 0.3) is 0 Å². The van der Waals surface area contributed by atoms with E-state index in [4.69, 9.17) is 0 Å². The summed E-state index contributed by atoms with van der Waals surface area (Å²) in [5.41, 5.74) is 3.56. The van der Waals surface area contributed by atoms with Gasteiger partial charge >= 0.3 is 0 Å². The third-order valence-corrected chi connectivity index (χ3v) is 3.70. The molecule has 0 aliphatic heterocycles. The van der Waals surface area contributed by atoms with Gasteiger partial charge in [-0.1, -0.05) is 42.5 Å². The zero-order valence-electron chi connectivity index (χ0n) is 10.4. The third-order valence-electron chi connectivity index (χ3n) is 2.88. The average Bonchev–Trinajstić information content (AvgIpc) is 3.01. The Kier molecular flexibility index (Phi) is 3.56. The number of aromatic nitrogens is 1. The summed E-state index contributed by atoms with van der Waals surface area (Å²) in [7, 11) is 0. The molecule has 0 saturated carbocycles. The highest BCUT2D eigenvalue weighted by Crippen LogP contribution is 2.24. The number of anilines is 1. The van der Waals surface area contributed by atoms with E-state index in [0.29, 0.717) is 0 Å². The number of nitrogens with zero attached hydrogens (tertiary/aromatic N) is 1. The minimum atomic E-state index is 0.835. The fraction of sp³-hybridized carbons (Fsp3) is 0.0625. The van der Waals surface area contributed by atoms with Gasteiger partial charge in [0.1, 0.15) is 5.01 Å². The Bertz CT molecular complexity index is 633. The zero-order chi connectivity index (χ0) is 12.9. The maximum atomic E-state index is 4.34. The van der Waals surface area contributed by atoms with Crippen molar-refractivity contribution in [2.75, 3.05) is 5.32 Å². The lowest BCUT2D eigenvalue weighted by atomic mass is 10.2. The van der Waals surface area contributed by atoms with Crippen LogP contribution in [0.4, 0.5) is 5.69 Å². The van der Waals surface area contributed by atoms with Gasteiger partial charge in [0.05, 0.1) is 0 Å². The lowest BCUT2D eigenvalue weighted by molar-refractivity contribution is 1.15. The molecule has 3 rings (SSSR count). The molecule has 0 saturated heterocycles. The second-order valence-corrected chi connectivity index (χ2v) is 5.15.